The van der Waals surface area contributed by atoms with Gasteiger partial charge in [0, 0.05) is 4.88 Å². The number of fused-ring (bicyclic) bond motifs is 1. The van der Waals surface area contributed by atoms with Gasteiger partial charge < -0.3 is 5.32 Å². The number of aryl methyl sites for hydroxylation is 1. The van der Waals surface area contributed by atoms with Crippen molar-refractivity contribution in [2.24, 2.45) is 0 Å². The highest BCUT2D eigenvalue weighted by molar-refractivity contribution is 7.10. The highest BCUT2D eigenvalue weighted by atomic mass is 35.5. The SMILES string of the molecule is O=[N+]([O-])c1cc(Cl)nc(NC2CCCc3sccc32)c1. The first-order valence-electron chi connectivity index (χ1n) is 6.28. The zero-order valence-electron chi connectivity index (χ0n) is 10.5. The first-order chi connectivity index (χ1) is 9.63. The standard InChI is InChI=1S/C13H12ClN3O2S/c14-12-6-8(17(18)19)7-13(16-12)15-10-2-1-3-11-9(10)4-5-20-11/h4-7,10H,1-3H2,(H,15,16). The lowest BCUT2D eigenvalue weighted by Gasteiger charge is -2.24. The Morgan fingerprint density at radius 2 is 2.35 bits per heavy atom. The van der Waals surface area contributed by atoms with Crippen molar-refractivity contribution < 1.29 is 4.92 Å². The number of rotatable bonds is 3. The summed E-state index contributed by atoms with van der Waals surface area (Å²) in [5.41, 5.74) is 1.22. The van der Waals surface area contributed by atoms with Crippen molar-refractivity contribution in [3.05, 3.63) is 49.3 Å². The fourth-order valence-electron chi connectivity index (χ4n) is 2.48. The van der Waals surface area contributed by atoms with Crippen LogP contribution in [-0.2, 0) is 6.42 Å². The zero-order valence-corrected chi connectivity index (χ0v) is 12.1. The van der Waals surface area contributed by atoms with E-state index in [2.05, 4.69) is 21.7 Å². The Hall–Kier alpha value is -1.66. The normalized spacial score (nSPS) is 17.6. The number of thiophene rings is 1. The van der Waals surface area contributed by atoms with Crippen molar-refractivity contribution in [1.82, 2.24) is 4.98 Å². The molecule has 2 heterocycles. The molecule has 1 N–H and O–H groups in total. The van der Waals surface area contributed by atoms with Gasteiger partial charge in [0.05, 0.1) is 23.1 Å². The Morgan fingerprint density at radius 3 is 3.15 bits per heavy atom. The Balaban J connectivity index is 1.88. The highest BCUT2D eigenvalue weighted by Crippen LogP contribution is 2.35. The minimum atomic E-state index is -0.463. The predicted molar refractivity (Wildman–Crippen MR) is 79.5 cm³/mol. The predicted octanol–water partition coefficient (Wildman–Crippen LogP) is 4.19. The third-order valence-electron chi connectivity index (χ3n) is 3.36. The third kappa shape index (κ3) is 2.62. The number of nitrogens with zero attached hydrogens (tertiary/aromatic N) is 2. The molecule has 20 heavy (non-hydrogen) atoms. The lowest BCUT2D eigenvalue weighted by molar-refractivity contribution is -0.384. The summed E-state index contributed by atoms with van der Waals surface area (Å²) in [6.45, 7) is 0. The molecule has 104 valence electrons. The van der Waals surface area contributed by atoms with E-state index in [-0.39, 0.29) is 16.9 Å². The van der Waals surface area contributed by atoms with Crippen molar-refractivity contribution in [1.29, 1.82) is 0 Å². The van der Waals surface area contributed by atoms with Crippen LogP contribution in [0, 0.1) is 10.1 Å². The van der Waals surface area contributed by atoms with E-state index in [0.717, 1.165) is 19.3 Å². The summed E-state index contributed by atoms with van der Waals surface area (Å²) in [4.78, 5) is 15.9. The molecule has 0 fully saturated rings. The summed E-state index contributed by atoms with van der Waals surface area (Å²) in [7, 11) is 0. The molecule has 0 spiro atoms. The fraction of sp³-hybridized carbons (Fsp3) is 0.308. The van der Waals surface area contributed by atoms with Crippen molar-refractivity contribution in [2.75, 3.05) is 5.32 Å². The van der Waals surface area contributed by atoms with E-state index in [1.165, 1.54) is 22.6 Å². The van der Waals surface area contributed by atoms with Gasteiger partial charge in [-0.05, 0) is 36.3 Å². The van der Waals surface area contributed by atoms with Gasteiger partial charge in [-0.15, -0.1) is 11.3 Å². The van der Waals surface area contributed by atoms with Crippen LogP contribution in [0.5, 0.6) is 0 Å². The second-order valence-corrected chi connectivity index (χ2v) is 6.07. The van der Waals surface area contributed by atoms with Crippen molar-refractivity contribution in [3.8, 4) is 0 Å². The zero-order chi connectivity index (χ0) is 14.1. The molecule has 3 rings (SSSR count). The summed E-state index contributed by atoms with van der Waals surface area (Å²) in [5, 5.41) is 16.3. The largest absolute Gasteiger partial charge is 0.363 e. The molecule has 1 atom stereocenters. The average molecular weight is 310 g/mol. The minimum Gasteiger partial charge on any atom is -0.363 e. The summed E-state index contributed by atoms with van der Waals surface area (Å²) in [6.07, 6.45) is 3.20. The van der Waals surface area contributed by atoms with Crippen molar-refractivity contribution >= 4 is 34.4 Å². The van der Waals surface area contributed by atoms with Gasteiger partial charge in [0.25, 0.3) is 5.69 Å². The maximum Gasteiger partial charge on any atom is 0.276 e. The summed E-state index contributed by atoms with van der Waals surface area (Å²) in [5.74, 6) is 0.452. The molecule has 0 radical (unpaired) electrons. The molecule has 1 aliphatic carbocycles. The third-order valence-corrected chi connectivity index (χ3v) is 4.55. The molecule has 1 aliphatic rings. The van der Waals surface area contributed by atoms with Gasteiger partial charge in [-0.2, -0.15) is 0 Å². The molecule has 0 saturated carbocycles. The smallest absolute Gasteiger partial charge is 0.276 e. The fourth-order valence-corrected chi connectivity index (χ4v) is 3.67. The summed E-state index contributed by atoms with van der Waals surface area (Å²) < 4.78 is 0. The van der Waals surface area contributed by atoms with Crippen LogP contribution in [0.1, 0.15) is 29.3 Å². The van der Waals surface area contributed by atoms with Crippen LogP contribution in [0.3, 0.4) is 0 Å². The van der Waals surface area contributed by atoms with E-state index in [1.54, 1.807) is 11.3 Å². The second-order valence-electron chi connectivity index (χ2n) is 4.68. The van der Waals surface area contributed by atoms with E-state index in [9.17, 15) is 10.1 Å². The van der Waals surface area contributed by atoms with E-state index in [4.69, 9.17) is 11.6 Å². The monoisotopic (exact) mass is 309 g/mol. The van der Waals surface area contributed by atoms with Gasteiger partial charge in [-0.1, -0.05) is 11.6 Å². The van der Waals surface area contributed by atoms with Crippen LogP contribution in [0.15, 0.2) is 23.6 Å². The van der Waals surface area contributed by atoms with Crippen molar-refractivity contribution in [2.45, 2.75) is 25.3 Å². The number of halogens is 1. The molecule has 0 aromatic carbocycles. The molecule has 1 unspecified atom stereocenters. The molecule has 0 aliphatic heterocycles. The lowest BCUT2D eigenvalue weighted by atomic mass is 9.94. The molecule has 2 aromatic heterocycles. The summed E-state index contributed by atoms with van der Waals surface area (Å²) >= 11 is 7.59. The van der Waals surface area contributed by atoms with E-state index in [1.807, 2.05) is 0 Å². The van der Waals surface area contributed by atoms with Crippen LogP contribution in [0.4, 0.5) is 11.5 Å². The quantitative estimate of drug-likeness (QED) is 0.524. The molecular weight excluding hydrogens is 298 g/mol. The number of hydrogen-bond acceptors (Lipinski definition) is 5. The molecule has 0 saturated heterocycles. The number of aromatic nitrogens is 1. The van der Waals surface area contributed by atoms with Gasteiger partial charge in [0.15, 0.2) is 0 Å². The Labute approximate surface area is 124 Å². The van der Waals surface area contributed by atoms with E-state index in [0.29, 0.717) is 5.82 Å². The van der Waals surface area contributed by atoms with Crippen LogP contribution >= 0.6 is 22.9 Å². The summed E-state index contributed by atoms with van der Waals surface area (Å²) in [6, 6.07) is 4.93. The number of pyridine rings is 1. The van der Waals surface area contributed by atoms with E-state index >= 15 is 0 Å². The van der Waals surface area contributed by atoms with Crippen molar-refractivity contribution in [3.63, 3.8) is 0 Å². The van der Waals surface area contributed by atoms with Gasteiger partial charge in [0.2, 0.25) is 0 Å². The second kappa shape index (κ2) is 5.38. The number of nitro groups is 1. The highest BCUT2D eigenvalue weighted by Gasteiger charge is 2.22. The number of hydrogen-bond donors (Lipinski definition) is 1. The number of anilines is 1. The van der Waals surface area contributed by atoms with Gasteiger partial charge in [-0.3, -0.25) is 10.1 Å². The maximum absolute atomic E-state index is 10.8. The molecule has 0 amide bonds. The van der Waals surface area contributed by atoms with E-state index < -0.39 is 4.92 Å². The van der Waals surface area contributed by atoms with Crippen LogP contribution in [-0.4, -0.2) is 9.91 Å². The Bertz CT molecular complexity index is 659. The molecule has 2 aromatic rings. The Kier molecular flexibility index (Phi) is 3.58. The topological polar surface area (TPSA) is 68.1 Å². The van der Waals surface area contributed by atoms with Crippen LogP contribution in [0.25, 0.3) is 0 Å². The minimum absolute atomic E-state index is 0.0474. The molecule has 0 bridgehead atoms. The first kappa shape index (κ1) is 13.3. The lowest BCUT2D eigenvalue weighted by Crippen LogP contribution is -2.16. The van der Waals surface area contributed by atoms with Gasteiger partial charge in [0.1, 0.15) is 11.0 Å². The van der Waals surface area contributed by atoms with Gasteiger partial charge in [-0.25, -0.2) is 4.98 Å². The molecular formula is C13H12ClN3O2S. The molecule has 5 nitrogen and oxygen atoms in total. The molecule has 7 heteroatoms. The Morgan fingerprint density at radius 1 is 1.50 bits per heavy atom. The average Bonchev–Trinajstić information content (AvgIpc) is 2.87. The van der Waals surface area contributed by atoms with Gasteiger partial charge >= 0.3 is 0 Å². The number of nitrogens with one attached hydrogen (secondary N) is 1. The van der Waals surface area contributed by atoms with Crippen LogP contribution in [0.2, 0.25) is 5.15 Å². The van der Waals surface area contributed by atoms with Crippen LogP contribution < -0.4 is 5.32 Å². The first-order valence-corrected chi connectivity index (χ1v) is 7.54. The maximum atomic E-state index is 10.8.